The molecule has 1 N–H and O–H groups in total. The molecule has 0 saturated carbocycles. The molecule has 0 fully saturated rings. The minimum atomic E-state index is -0.322. The Labute approximate surface area is 179 Å². The molecule has 6 heteroatoms. The van der Waals surface area contributed by atoms with Gasteiger partial charge in [-0.05, 0) is 61.0 Å². The first-order valence-electron chi connectivity index (χ1n) is 9.83. The lowest BCUT2D eigenvalue weighted by molar-refractivity contribution is 0.0954. The van der Waals surface area contributed by atoms with E-state index in [0.717, 1.165) is 33.4 Å². The van der Waals surface area contributed by atoms with E-state index in [4.69, 9.17) is 4.74 Å². The van der Waals surface area contributed by atoms with E-state index in [0.29, 0.717) is 11.3 Å². The lowest BCUT2D eigenvalue weighted by atomic mass is 10.0. The molecule has 5 nitrogen and oxygen atoms in total. The Bertz CT molecular complexity index is 1290. The predicted octanol–water partition coefficient (Wildman–Crippen LogP) is 5.16. The highest BCUT2D eigenvalue weighted by atomic mass is 19.1. The van der Waals surface area contributed by atoms with Crippen LogP contribution < -0.4 is 10.2 Å². The fraction of sp³-hybridized carbons (Fsp3) is 0.120. The van der Waals surface area contributed by atoms with Crippen LogP contribution >= 0.6 is 0 Å². The lowest BCUT2D eigenvalue weighted by Gasteiger charge is -2.10. The number of aromatic nitrogens is 1. The number of aryl methyl sites for hydroxylation is 1. The van der Waals surface area contributed by atoms with Gasteiger partial charge in [-0.15, -0.1) is 0 Å². The van der Waals surface area contributed by atoms with E-state index < -0.39 is 0 Å². The van der Waals surface area contributed by atoms with Crippen molar-refractivity contribution in [2.24, 2.45) is 5.10 Å². The summed E-state index contributed by atoms with van der Waals surface area (Å²) in [6, 6.07) is 19.7. The monoisotopic (exact) mass is 415 g/mol. The summed E-state index contributed by atoms with van der Waals surface area (Å²) in [6.07, 6.45) is 1.60. The van der Waals surface area contributed by atoms with Crippen LogP contribution in [0.3, 0.4) is 0 Å². The number of benzene rings is 3. The van der Waals surface area contributed by atoms with Gasteiger partial charge in [0.2, 0.25) is 0 Å². The number of nitrogens with zero attached hydrogens (tertiary/aromatic N) is 2. The molecule has 0 spiro atoms. The largest absolute Gasteiger partial charge is 0.496 e. The zero-order valence-corrected chi connectivity index (χ0v) is 17.5. The molecule has 0 saturated heterocycles. The van der Waals surface area contributed by atoms with E-state index in [1.807, 2.05) is 54.8 Å². The fourth-order valence-corrected chi connectivity index (χ4v) is 3.78. The van der Waals surface area contributed by atoms with E-state index in [-0.39, 0.29) is 11.7 Å². The Kier molecular flexibility index (Phi) is 5.54. The Morgan fingerprint density at radius 3 is 2.55 bits per heavy atom. The average molecular weight is 415 g/mol. The lowest BCUT2D eigenvalue weighted by Crippen LogP contribution is -2.18. The Balaban J connectivity index is 1.60. The molecule has 0 bridgehead atoms. The number of methoxy groups -OCH3 is 1. The van der Waals surface area contributed by atoms with Crippen LogP contribution in [-0.4, -0.2) is 23.8 Å². The molecule has 0 unspecified atom stereocenters. The molecule has 156 valence electrons. The zero-order valence-electron chi connectivity index (χ0n) is 17.5. The summed E-state index contributed by atoms with van der Waals surface area (Å²) in [5, 5.41) is 6.21. The van der Waals surface area contributed by atoms with Gasteiger partial charge in [0.15, 0.2) is 0 Å². The van der Waals surface area contributed by atoms with Crippen LogP contribution in [0.5, 0.6) is 5.75 Å². The van der Waals surface area contributed by atoms with Crippen LogP contribution in [-0.2, 0) is 0 Å². The first-order valence-corrected chi connectivity index (χ1v) is 9.83. The Morgan fingerprint density at radius 1 is 1.06 bits per heavy atom. The van der Waals surface area contributed by atoms with Crippen LogP contribution in [0.25, 0.3) is 16.5 Å². The van der Waals surface area contributed by atoms with Crippen molar-refractivity contribution in [2.45, 2.75) is 13.8 Å². The van der Waals surface area contributed by atoms with Crippen LogP contribution in [0.4, 0.5) is 4.39 Å². The molecule has 1 aromatic heterocycles. The summed E-state index contributed by atoms with van der Waals surface area (Å²) < 4.78 is 20.6. The SMILES string of the molecule is COc1ccc2ccccc2c1/C=N\NC(=O)c1cc(C)n(-c2ccc(F)cc2)c1C. The summed E-state index contributed by atoms with van der Waals surface area (Å²) in [5.74, 6) is 0.0467. The molecule has 1 amide bonds. The Hall–Kier alpha value is -3.93. The van der Waals surface area contributed by atoms with Crippen LogP contribution in [0, 0.1) is 19.7 Å². The van der Waals surface area contributed by atoms with E-state index in [1.165, 1.54) is 12.1 Å². The first kappa shape index (κ1) is 20.3. The number of rotatable bonds is 5. The van der Waals surface area contributed by atoms with Crippen molar-refractivity contribution in [1.29, 1.82) is 0 Å². The van der Waals surface area contributed by atoms with E-state index in [2.05, 4.69) is 10.5 Å². The number of nitrogens with one attached hydrogen (secondary N) is 1. The standard InChI is InChI=1S/C25H22FN3O2/c1-16-14-22(17(2)29(16)20-11-9-19(26)10-12-20)25(30)28-27-15-23-21-7-5-4-6-18(21)8-13-24(23)31-3/h4-15H,1-3H3,(H,28,30)/b27-15-. The van der Waals surface area contributed by atoms with E-state index in [9.17, 15) is 9.18 Å². The highest BCUT2D eigenvalue weighted by Crippen LogP contribution is 2.26. The molecule has 0 radical (unpaired) electrons. The van der Waals surface area contributed by atoms with Crippen molar-refractivity contribution in [2.75, 3.05) is 7.11 Å². The van der Waals surface area contributed by atoms with Crippen molar-refractivity contribution in [3.63, 3.8) is 0 Å². The van der Waals surface area contributed by atoms with Gasteiger partial charge in [-0.2, -0.15) is 5.10 Å². The van der Waals surface area contributed by atoms with Gasteiger partial charge in [0.25, 0.3) is 5.91 Å². The van der Waals surface area contributed by atoms with Crippen molar-refractivity contribution < 1.29 is 13.9 Å². The number of amides is 1. The zero-order chi connectivity index (χ0) is 22.0. The second kappa shape index (κ2) is 8.44. The van der Waals surface area contributed by atoms with Crippen LogP contribution in [0.2, 0.25) is 0 Å². The van der Waals surface area contributed by atoms with Crippen LogP contribution in [0.1, 0.15) is 27.3 Å². The van der Waals surface area contributed by atoms with E-state index in [1.54, 1.807) is 31.5 Å². The minimum absolute atomic E-state index is 0.303. The molecule has 0 aliphatic carbocycles. The molecule has 0 aliphatic heterocycles. The average Bonchev–Trinajstić information content (AvgIpc) is 3.08. The van der Waals surface area contributed by atoms with Gasteiger partial charge in [0, 0.05) is 22.6 Å². The van der Waals surface area contributed by atoms with Gasteiger partial charge in [0.1, 0.15) is 11.6 Å². The van der Waals surface area contributed by atoms with Crippen LogP contribution in [0.15, 0.2) is 71.8 Å². The van der Waals surface area contributed by atoms with Crippen molar-refractivity contribution in [1.82, 2.24) is 9.99 Å². The molecule has 31 heavy (non-hydrogen) atoms. The highest BCUT2D eigenvalue weighted by molar-refractivity contribution is 6.03. The van der Waals surface area contributed by atoms with Gasteiger partial charge in [-0.1, -0.05) is 30.3 Å². The van der Waals surface area contributed by atoms with Crippen molar-refractivity contribution >= 4 is 22.9 Å². The summed E-state index contributed by atoms with van der Waals surface area (Å²) in [6.45, 7) is 3.75. The molecule has 0 aliphatic rings. The second-order valence-electron chi connectivity index (χ2n) is 7.20. The number of hydrogen-bond donors (Lipinski definition) is 1. The van der Waals surface area contributed by atoms with Gasteiger partial charge in [0.05, 0.1) is 18.9 Å². The molecule has 4 aromatic rings. The van der Waals surface area contributed by atoms with Crippen molar-refractivity contribution in [3.8, 4) is 11.4 Å². The summed E-state index contributed by atoms with van der Waals surface area (Å²) >= 11 is 0. The molecule has 4 rings (SSSR count). The predicted molar refractivity (Wildman–Crippen MR) is 121 cm³/mol. The highest BCUT2D eigenvalue weighted by Gasteiger charge is 2.16. The van der Waals surface area contributed by atoms with Crippen molar-refractivity contribution in [3.05, 3.63) is 95.1 Å². The topological polar surface area (TPSA) is 55.6 Å². The molecular weight excluding hydrogens is 393 g/mol. The normalized spacial score (nSPS) is 11.2. The van der Waals surface area contributed by atoms with Gasteiger partial charge in [-0.25, -0.2) is 9.82 Å². The smallest absolute Gasteiger partial charge is 0.273 e. The third-order valence-electron chi connectivity index (χ3n) is 5.27. The number of carbonyl (C=O) groups is 1. The Morgan fingerprint density at radius 2 is 1.81 bits per heavy atom. The quantitative estimate of drug-likeness (QED) is 0.362. The first-order chi connectivity index (χ1) is 15.0. The maximum Gasteiger partial charge on any atom is 0.273 e. The molecule has 0 atom stereocenters. The maximum absolute atomic E-state index is 13.3. The third kappa shape index (κ3) is 3.92. The maximum atomic E-state index is 13.3. The number of ether oxygens (including phenoxy) is 1. The number of fused-ring (bicyclic) bond motifs is 1. The fourth-order valence-electron chi connectivity index (χ4n) is 3.78. The number of halogens is 1. The summed E-state index contributed by atoms with van der Waals surface area (Å²) in [7, 11) is 1.60. The number of hydrazone groups is 1. The summed E-state index contributed by atoms with van der Waals surface area (Å²) in [5.41, 5.74) is 6.31. The third-order valence-corrected chi connectivity index (χ3v) is 5.27. The summed E-state index contributed by atoms with van der Waals surface area (Å²) in [4.78, 5) is 12.8. The van der Waals surface area contributed by atoms with E-state index >= 15 is 0 Å². The second-order valence-corrected chi connectivity index (χ2v) is 7.20. The van der Waals surface area contributed by atoms with Gasteiger partial charge >= 0.3 is 0 Å². The van der Waals surface area contributed by atoms with Gasteiger partial charge in [-0.3, -0.25) is 4.79 Å². The molecule has 3 aromatic carbocycles. The number of carbonyl (C=O) groups excluding carboxylic acids is 1. The number of hydrogen-bond acceptors (Lipinski definition) is 3. The van der Waals surface area contributed by atoms with Gasteiger partial charge < -0.3 is 9.30 Å². The molecule has 1 heterocycles. The minimum Gasteiger partial charge on any atom is -0.496 e. The molecular formula is C25H22FN3O2.